The van der Waals surface area contributed by atoms with Crippen molar-refractivity contribution >= 4 is 74.7 Å². The molecule has 0 aliphatic carbocycles. The number of aromatic nitrogens is 1. The third kappa shape index (κ3) is 11.9. The number of benzene rings is 5. The highest BCUT2D eigenvalue weighted by molar-refractivity contribution is 7.99. The van der Waals surface area contributed by atoms with Crippen molar-refractivity contribution in [3.63, 3.8) is 0 Å². The molecule has 6 aromatic rings. The predicted molar refractivity (Wildman–Crippen MR) is 304 cm³/mol. The summed E-state index contributed by atoms with van der Waals surface area (Å²) in [5, 5.41) is 15.2. The van der Waals surface area contributed by atoms with Crippen molar-refractivity contribution in [3.05, 3.63) is 138 Å². The van der Waals surface area contributed by atoms with Gasteiger partial charge in [-0.05, 0) is 149 Å². The number of carbonyl (C=O) groups is 1. The summed E-state index contributed by atoms with van der Waals surface area (Å²) in [4.78, 5) is 21.4. The summed E-state index contributed by atoms with van der Waals surface area (Å²) >= 11 is 8.04. The van der Waals surface area contributed by atoms with E-state index >= 15 is 4.57 Å². The molecular formula is C57H68ClN6O7PS2. The molecule has 9 rings (SSSR count). The number of piperazine rings is 1. The molecule has 0 spiro atoms. The summed E-state index contributed by atoms with van der Waals surface area (Å²) in [6.07, 6.45) is 4.24. The van der Waals surface area contributed by atoms with E-state index in [2.05, 4.69) is 62.7 Å². The zero-order chi connectivity index (χ0) is 52.1. The number of carboxylic acids is 1. The maximum absolute atomic E-state index is 15.1. The van der Waals surface area contributed by atoms with E-state index in [1.165, 1.54) is 6.26 Å². The minimum atomic E-state index is -3.75. The number of hydrogen-bond donors (Lipinski definition) is 2. The highest BCUT2D eigenvalue weighted by Crippen LogP contribution is 2.56. The molecule has 17 heteroatoms. The fourth-order valence-electron chi connectivity index (χ4n) is 10.8. The number of carboxylic acid groups (broad SMARTS) is 1. The Morgan fingerprint density at radius 2 is 1.51 bits per heavy atom. The van der Waals surface area contributed by atoms with Crippen LogP contribution in [0.3, 0.4) is 0 Å². The van der Waals surface area contributed by atoms with Gasteiger partial charge in [0.15, 0.2) is 9.84 Å². The average Bonchev–Trinajstić information content (AvgIpc) is 3.96. The maximum atomic E-state index is 15.1. The Morgan fingerprint density at radius 3 is 2.16 bits per heavy atom. The first-order chi connectivity index (χ1) is 35.6. The lowest BCUT2D eigenvalue weighted by atomic mass is 9.96. The van der Waals surface area contributed by atoms with Crippen LogP contribution in [0, 0.1) is 12.8 Å². The monoisotopic (exact) mass is 1080 g/mol. The van der Waals surface area contributed by atoms with Crippen molar-refractivity contribution in [2.45, 2.75) is 61.9 Å². The Hall–Kier alpha value is -5.25. The van der Waals surface area contributed by atoms with Crippen molar-refractivity contribution in [1.29, 1.82) is 0 Å². The quantitative estimate of drug-likeness (QED) is 0.0589. The number of hydrogen-bond acceptors (Lipinski definition) is 11. The molecule has 2 atom stereocenters. The highest BCUT2D eigenvalue weighted by atomic mass is 35.5. The Kier molecular flexibility index (Phi) is 16.9. The normalized spacial score (nSPS) is 18.3. The molecule has 2 N–H and O–H groups in total. The highest BCUT2D eigenvalue weighted by Gasteiger charge is 2.41. The molecule has 392 valence electrons. The van der Waals surface area contributed by atoms with Gasteiger partial charge in [0.2, 0.25) is 0 Å². The third-order valence-electron chi connectivity index (χ3n) is 14.6. The van der Waals surface area contributed by atoms with Crippen LogP contribution in [0.1, 0.15) is 55.2 Å². The first kappa shape index (κ1) is 53.6. The average molecular weight is 1080 g/mol. The van der Waals surface area contributed by atoms with E-state index in [0.717, 1.165) is 116 Å². The molecule has 3 aliphatic heterocycles. The molecule has 0 unspecified atom stereocenters. The minimum Gasteiger partial charge on any atom is -0.478 e. The largest absolute Gasteiger partial charge is 0.478 e. The van der Waals surface area contributed by atoms with Crippen LogP contribution >= 0.6 is 30.9 Å². The molecule has 0 amide bonds. The topological polar surface area (TPSA) is 137 Å². The summed E-state index contributed by atoms with van der Waals surface area (Å²) in [7, 11) is -5.68. The number of likely N-dealkylation sites (tertiary alicyclic amines) is 1. The zero-order valence-electron chi connectivity index (χ0n) is 43.0. The number of aromatic carboxylic acids is 1. The second-order valence-electron chi connectivity index (χ2n) is 19.9. The molecule has 3 aliphatic rings. The van der Waals surface area contributed by atoms with Gasteiger partial charge in [0.05, 0.1) is 40.3 Å². The van der Waals surface area contributed by atoms with Crippen LogP contribution in [0.25, 0.3) is 22.4 Å². The number of piperidine rings is 1. The van der Waals surface area contributed by atoms with Gasteiger partial charge in [0.25, 0.3) is 0 Å². The van der Waals surface area contributed by atoms with Gasteiger partial charge in [-0.2, -0.15) is 0 Å². The van der Waals surface area contributed by atoms with E-state index in [0.29, 0.717) is 45.3 Å². The molecule has 3 fully saturated rings. The van der Waals surface area contributed by atoms with Gasteiger partial charge in [0.1, 0.15) is 0 Å². The fourth-order valence-corrected chi connectivity index (χ4v) is 15.2. The van der Waals surface area contributed by atoms with Gasteiger partial charge in [-0.25, -0.2) is 13.2 Å². The number of thioether (sulfide) groups is 1. The van der Waals surface area contributed by atoms with Gasteiger partial charge in [-0.15, -0.1) is 11.8 Å². The number of sulfone groups is 1. The SMILES string of the molecule is COCC1CCN(CC[C@H](CSc2ccccc2)Nc2ccc([P@@]3(=O)OCCN3c3ccc(N4CCN(c5cccc(-c6c(C(=O)O)c(C)n(C(C)C)c6-c6ccc(Cl)cc6)c5)CC4)cc3)cc2S(C)(=O)=O)CC1. The standard InChI is InChI=1S/C57H68ClN6O7PS2/c1-40(2)64-41(3)54(57(65)66)55(56(64)43-14-16-45(58)17-15-43)44-10-9-11-49(36-44)62-32-30-61(31-33-62)47-18-20-48(21-19-47)63-34-35-71-72(63,67)50-22-23-52(53(37-50)74(5,68)69)59-46(39-73-51-12-7-6-8-13-51)26-29-60-27-24-42(25-28-60)38-70-4/h6-23,36-37,40,42,46,59H,24-35,38-39H2,1-5H3,(H,65,66)/t46-,72-/m1/s1. The molecular weight excluding hydrogens is 1010 g/mol. The maximum Gasteiger partial charge on any atom is 0.338 e. The van der Waals surface area contributed by atoms with Crippen molar-refractivity contribution in [2.75, 3.05) is 104 Å². The first-order valence-electron chi connectivity index (χ1n) is 25.6. The summed E-state index contributed by atoms with van der Waals surface area (Å²) in [6.45, 7) is 13.4. The summed E-state index contributed by atoms with van der Waals surface area (Å²) in [5.41, 5.74) is 7.57. The van der Waals surface area contributed by atoms with Crippen molar-refractivity contribution in [1.82, 2.24) is 9.47 Å². The van der Waals surface area contributed by atoms with Gasteiger partial charge in [-0.3, -0.25) is 9.24 Å². The molecule has 0 radical (unpaired) electrons. The second-order valence-corrected chi connectivity index (χ2v) is 25.7. The van der Waals surface area contributed by atoms with Crippen LogP contribution in [0.5, 0.6) is 0 Å². The fraction of sp³-hybridized carbons (Fsp3) is 0.386. The molecule has 74 heavy (non-hydrogen) atoms. The molecule has 4 heterocycles. The number of halogens is 1. The lowest BCUT2D eigenvalue weighted by Crippen LogP contribution is -2.46. The summed E-state index contributed by atoms with van der Waals surface area (Å²) in [5.74, 6) is 0.360. The van der Waals surface area contributed by atoms with Gasteiger partial charge >= 0.3 is 13.5 Å². The van der Waals surface area contributed by atoms with Crippen LogP contribution in [-0.2, 0) is 23.7 Å². The third-order valence-corrected chi connectivity index (χ3v) is 19.7. The number of methoxy groups -OCH3 is 1. The number of ether oxygens (including phenoxy) is 1. The van der Waals surface area contributed by atoms with E-state index in [1.54, 1.807) is 41.7 Å². The van der Waals surface area contributed by atoms with Gasteiger partial charge in [0, 0.05) is 109 Å². The Morgan fingerprint density at radius 1 is 0.838 bits per heavy atom. The van der Waals surface area contributed by atoms with E-state index < -0.39 is 23.3 Å². The number of rotatable bonds is 19. The smallest absolute Gasteiger partial charge is 0.338 e. The van der Waals surface area contributed by atoms with E-state index in [4.69, 9.17) is 20.9 Å². The molecule has 13 nitrogen and oxygen atoms in total. The molecule has 0 saturated carbocycles. The van der Waals surface area contributed by atoms with Crippen molar-refractivity contribution in [2.24, 2.45) is 5.92 Å². The Balaban J connectivity index is 0.890. The van der Waals surface area contributed by atoms with E-state index in [9.17, 15) is 18.3 Å². The van der Waals surface area contributed by atoms with Crippen molar-refractivity contribution < 1.29 is 32.1 Å². The molecule has 5 aromatic carbocycles. The lowest BCUT2D eigenvalue weighted by Gasteiger charge is -2.37. The number of nitrogens with zero attached hydrogens (tertiary/aromatic N) is 5. The Labute approximate surface area is 446 Å². The van der Waals surface area contributed by atoms with E-state index in [1.807, 2.05) is 85.8 Å². The second kappa shape index (κ2) is 23.3. The summed E-state index contributed by atoms with van der Waals surface area (Å²) < 4.78 is 57.6. The van der Waals surface area contributed by atoms with Crippen LogP contribution in [0.4, 0.5) is 22.7 Å². The number of anilines is 4. The van der Waals surface area contributed by atoms with Gasteiger partial charge in [-0.1, -0.05) is 54.1 Å². The van der Waals surface area contributed by atoms with Crippen LogP contribution < -0.4 is 25.1 Å². The van der Waals surface area contributed by atoms with Crippen molar-refractivity contribution in [3.8, 4) is 22.4 Å². The van der Waals surface area contributed by atoms with Crippen LogP contribution in [0.2, 0.25) is 5.02 Å². The first-order valence-corrected chi connectivity index (χ1v) is 30.4. The molecule has 1 aromatic heterocycles. The van der Waals surface area contributed by atoms with E-state index in [-0.39, 0.29) is 23.6 Å². The molecule has 3 saturated heterocycles. The Bertz CT molecular complexity index is 3070. The van der Waals surface area contributed by atoms with Crippen LogP contribution in [0.15, 0.2) is 131 Å². The summed E-state index contributed by atoms with van der Waals surface area (Å²) in [6, 6.07) is 39.1. The minimum absolute atomic E-state index is 0.0194. The van der Waals surface area contributed by atoms with Gasteiger partial charge < -0.3 is 39.0 Å². The molecule has 0 bridgehead atoms. The number of nitrogens with one attached hydrogen (secondary N) is 1. The van der Waals surface area contributed by atoms with Crippen LogP contribution in [-0.4, -0.2) is 120 Å². The lowest BCUT2D eigenvalue weighted by molar-refractivity contribution is 0.0696. The predicted octanol–water partition coefficient (Wildman–Crippen LogP) is 11.5. The zero-order valence-corrected chi connectivity index (χ0v) is 46.2.